The number of aliphatic hydroxyl groups is 1. The van der Waals surface area contributed by atoms with Gasteiger partial charge >= 0.3 is 0 Å². The number of aliphatic hydroxyl groups excluding tert-OH is 1. The quantitative estimate of drug-likeness (QED) is 0.359. The Hall–Kier alpha value is -2.43. The molecule has 1 aromatic carbocycles. The maximum absolute atomic E-state index is 9.98. The fourth-order valence-corrected chi connectivity index (χ4v) is 4.41. The molecule has 9 nitrogen and oxygen atoms in total. The van der Waals surface area contributed by atoms with Crippen LogP contribution >= 0.6 is 23.2 Å². The van der Waals surface area contributed by atoms with Crippen LogP contribution in [0.25, 0.3) is 22.6 Å². The fourth-order valence-electron chi connectivity index (χ4n) is 3.97. The van der Waals surface area contributed by atoms with Crippen LogP contribution in [0.3, 0.4) is 0 Å². The first-order chi connectivity index (χ1) is 16.8. The van der Waals surface area contributed by atoms with E-state index in [1.165, 1.54) is 0 Å². The van der Waals surface area contributed by atoms with Gasteiger partial charge in [0.2, 0.25) is 0 Å². The standard InChI is InChI=1S/C24H29Cl2N5O4/c1-12-20(13(2)35-31-12)22-21(26)24(28-14-7-17(8-14)33-4)30-23(29-22)18-9-16(5-6-19(18)25)34-11-15(32)10-27-3/h5-6,9,14-15,17,27,32H,7-8,10-11H2,1-4H3,(H,28,29,30)/t14-,15-,17-/m1/s1. The predicted octanol–water partition coefficient (Wildman–Crippen LogP) is 4.27. The highest BCUT2D eigenvalue weighted by Gasteiger charge is 2.31. The number of hydrogen-bond acceptors (Lipinski definition) is 9. The normalized spacial score (nSPS) is 18.3. The molecule has 1 saturated carbocycles. The molecule has 0 bridgehead atoms. The Labute approximate surface area is 214 Å². The van der Waals surface area contributed by atoms with Crippen molar-refractivity contribution in [1.82, 2.24) is 20.4 Å². The van der Waals surface area contributed by atoms with E-state index in [0.717, 1.165) is 12.8 Å². The Morgan fingerprint density at radius 1 is 1.23 bits per heavy atom. The lowest BCUT2D eigenvalue weighted by Gasteiger charge is -2.35. The minimum absolute atomic E-state index is 0.128. The molecule has 188 valence electrons. The van der Waals surface area contributed by atoms with Crippen molar-refractivity contribution >= 4 is 29.0 Å². The molecule has 0 unspecified atom stereocenters. The monoisotopic (exact) mass is 521 g/mol. The Bertz CT molecular complexity index is 1160. The third kappa shape index (κ3) is 5.70. The minimum atomic E-state index is -0.647. The highest BCUT2D eigenvalue weighted by molar-refractivity contribution is 6.35. The van der Waals surface area contributed by atoms with Crippen LogP contribution in [0.1, 0.15) is 24.3 Å². The molecule has 1 atom stereocenters. The fraction of sp³-hybridized carbons (Fsp3) is 0.458. The van der Waals surface area contributed by atoms with E-state index in [0.29, 0.717) is 62.3 Å². The topological polar surface area (TPSA) is 115 Å². The molecule has 3 N–H and O–H groups in total. The van der Waals surface area contributed by atoms with Crippen molar-refractivity contribution in [3.63, 3.8) is 0 Å². The molecule has 0 aliphatic heterocycles. The van der Waals surface area contributed by atoms with Gasteiger partial charge in [-0.05, 0) is 51.9 Å². The van der Waals surface area contributed by atoms with Crippen molar-refractivity contribution in [2.45, 2.75) is 44.9 Å². The van der Waals surface area contributed by atoms with Gasteiger partial charge in [0, 0.05) is 25.3 Å². The van der Waals surface area contributed by atoms with Crippen LogP contribution < -0.4 is 15.4 Å². The molecule has 3 aromatic rings. The number of anilines is 1. The molecular formula is C24H29Cl2N5O4. The number of likely N-dealkylation sites (N-methyl/N-ethyl adjacent to an activating group) is 1. The second-order valence-electron chi connectivity index (χ2n) is 8.59. The van der Waals surface area contributed by atoms with E-state index >= 15 is 0 Å². The molecule has 1 aliphatic rings. The Kier molecular flexibility index (Phi) is 8.13. The van der Waals surface area contributed by atoms with Crippen molar-refractivity contribution in [1.29, 1.82) is 0 Å². The number of benzene rings is 1. The van der Waals surface area contributed by atoms with E-state index in [1.807, 2.05) is 13.8 Å². The first-order valence-corrected chi connectivity index (χ1v) is 12.1. The number of halogens is 2. The van der Waals surface area contributed by atoms with Gasteiger partial charge in [0.15, 0.2) is 5.82 Å². The molecule has 4 rings (SSSR count). The molecule has 1 fully saturated rings. The van der Waals surface area contributed by atoms with E-state index in [-0.39, 0.29) is 18.8 Å². The number of nitrogens with one attached hydrogen (secondary N) is 2. The van der Waals surface area contributed by atoms with Crippen LogP contribution in [0, 0.1) is 13.8 Å². The highest BCUT2D eigenvalue weighted by Crippen LogP contribution is 2.40. The zero-order valence-corrected chi connectivity index (χ0v) is 21.6. The van der Waals surface area contributed by atoms with Crippen LogP contribution in [-0.4, -0.2) is 65.8 Å². The molecule has 1 aliphatic carbocycles. The summed E-state index contributed by atoms with van der Waals surface area (Å²) in [5.41, 5.74) is 2.46. The molecule has 35 heavy (non-hydrogen) atoms. The maximum Gasteiger partial charge on any atom is 0.163 e. The van der Waals surface area contributed by atoms with Crippen LogP contribution in [-0.2, 0) is 4.74 Å². The van der Waals surface area contributed by atoms with Gasteiger partial charge in [-0.1, -0.05) is 28.4 Å². The van der Waals surface area contributed by atoms with E-state index in [1.54, 1.807) is 32.4 Å². The summed E-state index contributed by atoms with van der Waals surface area (Å²) in [4.78, 5) is 9.50. The summed E-state index contributed by atoms with van der Waals surface area (Å²) in [7, 11) is 3.48. The number of nitrogens with zero attached hydrogens (tertiary/aromatic N) is 3. The lowest BCUT2D eigenvalue weighted by molar-refractivity contribution is 0.0328. The Morgan fingerprint density at radius 2 is 2.00 bits per heavy atom. The Morgan fingerprint density at radius 3 is 2.66 bits per heavy atom. The number of hydrogen-bond donors (Lipinski definition) is 3. The van der Waals surface area contributed by atoms with Crippen molar-refractivity contribution in [2.24, 2.45) is 0 Å². The molecule has 0 saturated heterocycles. The molecule has 2 heterocycles. The van der Waals surface area contributed by atoms with Gasteiger partial charge in [0.05, 0.1) is 22.4 Å². The summed E-state index contributed by atoms with van der Waals surface area (Å²) < 4.78 is 16.5. The summed E-state index contributed by atoms with van der Waals surface area (Å²) in [6, 6.07) is 5.38. The van der Waals surface area contributed by atoms with E-state index in [2.05, 4.69) is 15.8 Å². The summed E-state index contributed by atoms with van der Waals surface area (Å²) >= 11 is 13.4. The van der Waals surface area contributed by atoms with Crippen LogP contribution in [0.4, 0.5) is 5.82 Å². The maximum atomic E-state index is 9.98. The molecule has 0 amide bonds. The minimum Gasteiger partial charge on any atom is -0.491 e. The van der Waals surface area contributed by atoms with E-state index in [9.17, 15) is 5.11 Å². The third-order valence-corrected chi connectivity index (χ3v) is 6.64. The largest absolute Gasteiger partial charge is 0.491 e. The molecule has 2 aromatic heterocycles. The van der Waals surface area contributed by atoms with Gasteiger partial charge in [-0.25, -0.2) is 9.97 Å². The van der Waals surface area contributed by atoms with Gasteiger partial charge in [-0.15, -0.1) is 0 Å². The van der Waals surface area contributed by atoms with Crippen LogP contribution in [0.2, 0.25) is 10.0 Å². The van der Waals surface area contributed by atoms with Gasteiger partial charge < -0.3 is 29.7 Å². The SMILES string of the molecule is CNC[C@@H](O)COc1ccc(Cl)c(-c2nc(N[C@H]3C[C@H](OC)C3)c(Cl)c(-c3c(C)noc3C)n2)c1. The molecular weight excluding hydrogens is 493 g/mol. The van der Waals surface area contributed by atoms with E-state index < -0.39 is 6.10 Å². The number of aryl methyl sites for hydroxylation is 2. The summed E-state index contributed by atoms with van der Waals surface area (Å²) in [6.45, 7) is 4.20. The zero-order chi connectivity index (χ0) is 25.1. The smallest absolute Gasteiger partial charge is 0.163 e. The number of methoxy groups -OCH3 is 1. The number of rotatable bonds is 10. The van der Waals surface area contributed by atoms with Gasteiger partial charge in [0.1, 0.15) is 40.8 Å². The van der Waals surface area contributed by atoms with Crippen LogP contribution in [0.5, 0.6) is 5.75 Å². The molecule has 11 heteroatoms. The predicted molar refractivity (Wildman–Crippen MR) is 135 cm³/mol. The first kappa shape index (κ1) is 25.7. The second kappa shape index (κ2) is 11.1. The highest BCUT2D eigenvalue weighted by atomic mass is 35.5. The lowest BCUT2D eigenvalue weighted by atomic mass is 9.89. The van der Waals surface area contributed by atoms with Crippen molar-refractivity contribution in [3.05, 3.63) is 39.7 Å². The van der Waals surface area contributed by atoms with E-state index in [4.69, 9.17) is 47.2 Å². The first-order valence-electron chi connectivity index (χ1n) is 11.4. The average Bonchev–Trinajstić information content (AvgIpc) is 3.14. The van der Waals surface area contributed by atoms with Crippen molar-refractivity contribution in [2.75, 3.05) is 32.6 Å². The van der Waals surface area contributed by atoms with Crippen molar-refractivity contribution in [3.8, 4) is 28.4 Å². The molecule has 0 radical (unpaired) electrons. The molecule has 0 spiro atoms. The summed E-state index contributed by atoms with van der Waals surface area (Å²) in [5, 5.41) is 21.2. The third-order valence-electron chi connectivity index (χ3n) is 5.95. The zero-order valence-electron chi connectivity index (χ0n) is 20.1. The second-order valence-corrected chi connectivity index (χ2v) is 9.38. The van der Waals surface area contributed by atoms with Gasteiger partial charge in [0.25, 0.3) is 0 Å². The average molecular weight is 522 g/mol. The van der Waals surface area contributed by atoms with Gasteiger partial charge in [-0.2, -0.15) is 0 Å². The van der Waals surface area contributed by atoms with Crippen molar-refractivity contribution < 1.29 is 19.1 Å². The van der Waals surface area contributed by atoms with Gasteiger partial charge in [-0.3, -0.25) is 0 Å². The lowest BCUT2D eigenvalue weighted by Crippen LogP contribution is -2.40. The number of ether oxygens (including phenoxy) is 2. The number of aromatic nitrogens is 3. The van der Waals surface area contributed by atoms with Crippen LogP contribution in [0.15, 0.2) is 22.7 Å². The Balaban J connectivity index is 1.73. The summed E-state index contributed by atoms with van der Waals surface area (Å²) in [6.07, 6.45) is 1.28. The summed E-state index contributed by atoms with van der Waals surface area (Å²) in [5.74, 6) is 2.01.